The Morgan fingerprint density at radius 1 is 1.29 bits per heavy atom. The SMILES string of the molecule is CNCc1ccc(OC)cc1OCCCCO. The van der Waals surface area contributed by atoms with Crippen molar-refractivity contribution in [2.75, 3.05) is 27.4 Å². The fourth-order valence-electron chi connectivity index (χ4n) is 1.53. The van der Waals surface area contributed by atoms with E-state index in [9.17, 15) is 0 Å². The number of methoxy groups -OCH3 is 1. The highest BCUT2D eigenvalue weighted by Gasteiger charge is 2.05. The summed E-state index contributed by atoms with van der Waals surface area (Å²) < 4.78 is 10.9. The van der Waals surface area contributed by atoms with E-state index in [4.69, 9.17) is 14.6 Å². The molecule has 0 fully saturated rings. The second-order valence-electron chi connectivity index (χ2n) is 3.78. The van der Waals surface area contributed by atoms with Crippen LogP contribution in [0.1, 0.15) is 18.4 Å². The van der Waals surface area contributed by atoms with E-state index in [2.05, 4.69) is 5.32 Å². The van der Waals surface area contributed by atoms with Gasteiger partial charge in [0.05, 0.1) is 13.7 Å². The van der Waals surface area contributed by atoms with Crippen LogP contribution in [0.3, 0.4) is 0 Å². The average molecular weight is 239 g/mol. The fourth-order valence-corrected chi connectivity index (χ4v) is 1.53. The fraction of sp³-hybridized carbons (Fsp3) is 0.538. The summed E-state index contributed by atoms with van der Waals surface area (Å²) in [5.41, 5.74) is 1.11. The van der Waals surface area contributed by atoms with Crippen LogP contribution in [0.2, 0.25) is 0 Å². The predicted octanol–water partition coefficient (Wildman–Crippen LogP) is 1.57. The number of aliphatic hydroxyl groups is 1. The molecule has 0 amide bonds. The smallest absolute Gasteiger partial charge is 0.127 e. The second-order valence-corrected chi connectivity index (χ2v) is 3.78. The maximum Gasteiger partial charge on any atom is 0.127 e. The van der Waals surface area contributed by atoms with Gasteiger partial charge in [-0.3, -0.25) is 0 Å². The molecule has 0 aliphatic carbocycles. The zero-order chi connectivity index (χ0) is 12.5. The van der Waals surface area contributed by atoms with Gasteiger partial charge in [0.1, 0.15) is 11.5 Å². The highest BCUT2D eigenvalue weighted by molar-refractivity contribution is 5.40. The quantitative estimate of drug-likeness (QED) is 0.676. The van der Waals surface area contributed by atoms with Crippen LogP contribution in [0.15, 0.2) is 18.2 Å². The summed E-state index contributed by atoms with van der Waals surface area (Å²) in [5.74, 6) is 1.64. The summed E-state index contributed by atoms with van der Waals surface area (Å²) in [4.78, 5) is 0. The van der Waals surface area contributed by atoms with Crippen LogP contribution in [-0.2, 0) is 6.54 Å². The van der Waals surface area contributed by atoms with Gasteiger partial charge in [-0.05, 0) is 26.0 Å². The Hall–Kier alpha value is -1.26. The van der Waals surface area contributed by atoms with Gasteiger partial charge in [0.25, 0.3) is 0 Å². The van der Waals surface area contributed by atoms with Crippen molar-refractivity contribution in [1.82, 2.24) is 5.32 Å². The molecule has 96 valence electrons. The van der Waals surface area contributed by atoms with Crippen LogP contribution >= 0.6 is 0 Å². The van der Waals surface area contributed by atoms with Crippen molar-refractivity contribution in [3.63, 3.8) is 0 Å². The first-order valence-electron chi connectivity index (χ1n) is 5.87. The Balaban J connectivity index is 2.64. The Labute approximate surface area is 103 Å². The molecular weight excluding hydrogens is 218 g/mol. The molecule has 0 radical (unpaired) electrons. The van der Waals surface area contributed by atoms with Crippen LogP contribution in [0, 0.1) is 0 Å². The largest absolute Gasteiger partial charge is 0.497 e. The molecule has 4 heteroatoms. The lowest BCUT2D eigenvalue weighted by Crippen LogP contribution is -2.08. The van der Waals surface area contributed by atoms with Crippen molar-refractivity contribution in [3.05, 3.63) is 23.8 Å². The molecule has 0 unspecified atom stereocenters. The Morgan fingerprint density at radius 3 is 2.76 bits per heavy atom. The number of aliphatic hydroxyl groups excluding tert-OH is 1. The first-order valence-corrected chi connectivity index (χ1v) is 5.87. The Morgan fingerprint density at radius 2 is 2.12 bits per heavy atom. The van der Waals surface area contributed by atoms with Crippen LogP contribution in [0.4, 0.5) is 0 Å². The van der Waals surface area contributed by atoms with Crippen LogP contribution in [0.5, 0.6) is 11.5 Å². The lowest BCUT2D eigenvalue weighted by Gasteiger charge is -2.12. The molecule has 2 N–H and O–H groups in total. The van der Waals surface area contributed by atoms with Gasteiger partial charge < -0.3 is 19.9 Å². The summed E-state index contributed by atoms with van der Waals surface area (Å²) in [6.07, 6.45) is 1.62. The third-order valence-corrected chi connectivity index (χ3v) is 2.45. The van der Waals surface area contributed by atoms with E-state index in [0.29, 0.717) is 6.61 Å². The Bertz CT molecular complexity index is 328. The number of ether oxygens (including phenoxy) is 2. The first-order chi connectivity index (χ1) is 8.31. The minimum atomic E-state index is 0.213. The maximum atomic E-state index is 8.70. The number of nitrogens with one attached hydrogen (secondary N) is 1. The van der Waals surface area contributed by atoms with Gasteiger partial charge in [-0.25, -0.2) is 0 Å². The summed E-state index contributed by atoms with van der Waals surface area (Å²) in [6.45, 7) is 1.59. The number of benzene rings is 1. The molecule has 0 atom stereocenters. The zero-order valence-electron chi connectivity index (χ0n) is 10.5. The minimum absolute atomic E-state index is 0.213. The Kier molecular flexibility index (Phi) is 6.43. The summed E-state index contributed by atoms with van der Waals surface area (Å²) in [5, 5.41) is 11.8. The first kappa shape index (κ1) is 13.8. The summed E-state index contributed by atoms with van der Waals surface area (Å²) in [6, 6.07) is 5.82. The van der Waals surface area contributed by atoms with Crippen molar-refractivity contribution in [1.29, 1.82) is 0 Å². The number of rotatable bonds is 8. The van der Waals surface area contributed by atoms with Crippen molar-refractivity contribution in [2.24, 2.45) is 0 Å². The third-order valence-electron chi connectivity index (χ3n) is 2.45. The molecule has 4 nitrogen and oxygen atoms in total. The molecule has 0 spiro atoms. The predicted molar refractivity (Wildman–Crippen MR) is 67.6 cm³/mol. The van der Waals surface area contributed by atoms with E-state index in [1.165, 1.54) is 0 Å². The van der Waals surface area contributed by atoms with Gasteiger partial charge in [-0.15, -0.1) is 0 Å². The van der Waals surface area contributed by atoms with Crippen molar-refractivity contribution in [3.8, 4) is 11.5 Å². The van der Waals surface area contributed by atoms with E-state index in [1.807, 2.05) is 25.2 Å². The average Bonchev–Trinajstić information content (AvgIpc) is 2.36. The molecule has 0 saturated carbocycles. The molecular formula is C13H21NO3. The number of unbranched alkanes of at least 4 members (excludes halogenated alkanes) is 1. The highest BCUT2D eigenvalue weighted by Crippen LogP contribution is 2.25. The molecule has 0 aliphatic rings. The zero-order valence-corrected chi connectivity index (χ0v) is 10.5. The lowest BCUT2D eigenvalue weighted by molar-refractivity contribution is 0.251. The molecule has 0 aromatic heterocycles. The number of hydrogen-bond donors (Lipinski definition) is 2. The summed E-state index contributed by atoms with van der Waals surface area (Å²) >= 11 is 0. The van der Waals surface area contributed by atoms with Crippen molar-refractivity contribution in [2.45, 2.75) is 19.4 Å². The van der Waals surface area contributed by atoms with Crippen molar-refractivity contribution >= 4 is 0 Å². The third kappa shape index (κ3) is 4.63. The summed E-state index contributed by atoms with van der Waals surface area (Å²) in [7, 11) is 3.54. The molecule has 1 aromatic carbocycles. The molecule has 0 bridgehead atoms. The van der Waals surface area contributed by atoms with Crippen LogP contribution < -0.4 is 14.8 Å². The van der Waals surface area contributed by atoms with E-state index in [1.54, 1.807) is 7.11 Å². The normalized spacial score (nSPS) is 10.3. The molecule has 0 heterocycles. The van der Waals surface area contributed by atoms with Gasteiger partial charge in [-0.1, -0.05) is 6.07 Å². The molecule has 0 aliphatic heterocycles. The van der Waals surface area contributed by atoms with Gasteiger partial charge in [-0.2, -0.15) is 0 Å². The monoisotopic (exact) mass is 239 g/mol. The molecule has 0 saturated heterocycles. The minimum Gasteiger partial charge on any atom is -0.497 e. The van der Waals surface area contributed by atoms with E-state index < -0.39 is 0 Å². The standard InChI is InChI=1S/C13H21NO3/c1-14-10-11-5-6-12(16-2)9-13(11)17-8-4-3-7-15/h5-6,9,14-15H,3-4,7-8,10H2,1-2H3. The van der Waals surface area contributed by atoms with Gasteiger partial charge in [0.2, 0.25) is 0 Å². The van der Waals surface area contributed by atoms with E-state index >= 15 is 0 Å². The maximum absolute atomic E-state index is 8.70. The van der Waals surface area contributed by atoms with Gasteiger partial charge in [0, 0.05) is 24.8 Å². The van der Waals surface area contributed by atoms with Crippen LogP contribution in [-0.4, -0.2) is 32.5 Å². The van der Waals surface area contributed by atoms with Crippen molar-refractivity contribution < 1.29 is 14.6 Å². The highest BCUT2D eigenvalue weighted by atomic mass is 16.5. The van der Waals surface area contributed by atoms with Gasteiger partial charge >= 0.3 is 0 Å². The topological polar surface area (TPSA) is 50.7 Å². The lowest BCUT2D eigenvalue weighted by atomic mass is 10.2. The molecule has 17 heavy (non-hydrogen) atoms. The molecule has 1 rings (SSSR count). The van der Waals surface area contributed by atoms with Crippen LogP contribution in [0.25, 0.3) is 0 Å². The van der Waals surface area contributed by atoms with Gasteiger partial charge in [0.15, 0.2) is 0 Å². The second kappa shape index (κ2) is 7.92. The molecule has 1 aromatic rings. The van der Waals surface area contributed by atoms with E-state index in [-0.39, 0.29) is 6.61 Å². The number of hydrogen-bond acceptors (Lipinski definition) is 4. The van der Waals surface area contributed by atoms with E-state index in [0.717, 1.165) is 36.4 Å².